The second-order valence-corrected chi connectivity index (χ2v) is 4.13. The second-order valence-electron chi connectivity index (χ2n) is 4.13. The Morgan fingerprint density at radius 1 is 1.00 bits per heavy atom. The van der Waals surface area contributed by atoms with Crippen molar-refractivity contribution in [3.8, 4) is 17.2 Å². The van der Waals surface area contributed by atoms with Crippen LogP contribution in [0.5, 0.6) is 5.75 Å². The van der Waals surface area contributed by atoms with Gasteiger partial charge in [-0.1, -0.05) is 24.3 Å². The number of methoxy groups -OCH3 is 1. The third-order valence-corrected chi connectivity index (χ3v) is 3.08. The van der Waals surface area contributed by atoms with Gasteiger partial charge in [0.1, 0.15) is 18.4 Å². The van der Waals surface area contributed by atoms with Crippen LogP contribution in [0, 0.1) is 0 Å². The number of rotatable bonds is 2. The lowest BCUT2D eigenvalue weighted by Gasteiger charge is -2.02. The Morgan fingerprint density at radius 3 is 2.50 bits per heavy atom. The van der Waals surface area contributed by atoms with E-state index in [2.05, 4.69) is 0 Å². The van der Waals surface area contributed by atoms with Crippen molar-refractivity contribution in [1.82, 2.24) is 0 Å². The number of ether oxygens (including phenoxy) is 1. The van der Waals surface area contributed by atoms with Crippen LogP contribution in [0.25, 0.3) is 22.6 Å². The van der Waals surface area contributed by atoms with Crippen LogP contribution >= 0.6 is 0 Å². The minimum absolute atomic E-state index is 0.800. The molecule has 3 nitrogen and oxygen atoms in total. The molecule has 3 heteroatoms. The van der Waals surface area contributed by atoms with E-state index in [1.165, 1.54) is 0 Å². The van der Waals surface area contributed by atoms with E-state index in [1.54, 1.807) is 7.11 Å². The van der Waals surface area contributed by atoms with E-state index < -0.39 is 0 Å². The summed E-state index contributed by atoms with van der Waals surface area (Å²) in [6.07, 6.45) is 0. The van der Waals surface area contributed by atoms with Crippen LogP contribution in [0.15, 0.2) is 52.9 Å². The van der Waals surface area contributed by atoms with Gasteiger partial charge in [0.25, 0.3) is 5.52 Å². The monoisotopic (exact) mass is 240 g/mol. The number of fused-ring (bicyclic) bond motifs is 1. The number of benzene rings is 2. The molecule has 0 saturated heterocycles. The summed E-state index contributed by atoms with van der Waals surface area (Å²) in [5.74, 6) is 1.61. The van der Waals surface area contributed by atoms with Gasteiger partial charge in [0, 0.05) is 6.07 Å². The number of nitrogens with zero attached hydrogens (tertiary/aromatic N) is 1. The van der Waals surface area contributed by atoms with Gasteiger partial charge in [0.15, 0.2) is 0 Å². The van der Waals surface area contributed by atoms with Gasteiger partial charge < -0.3 is 9.15 Å². The SMILES string of the molecule is COc1ccccc1-c1oc2ccccc2[n+]1C. The maximum Gasteiger partial charge on any atom is 0.385 e. The van der Waals surface area contributed by atoms with Crippen LogP contribution in [0.2, 0.25) is 0 Å². The predicted molar refractivity (Wildman–Crippen MR) is 69.4 cm³/mol. The summed E-state index contributed by atoms with van der Waals surface area (Å²) in [6.45, 7) is 0. The summed E-state index contributed by atoms with van der Waals surface area (Å²) < 4.78 is 13.3. The molecule has 0 aliphatic carbocycles. The van der Waals surface area contributed by atoms with Crippen molar-refractivity contribution >= 4 is 11.1 Å². The topological polar surface area (TPSA) is 26.2 Å². The highest BCUT2D eigenvalue weighted by Crippen LogP contribution is 2.29. The van der Waals surface area contributed by atoms with Crippen LogP contribution in [0.1, 0.15) is 0 Å². The number of aryl methyl sites for hydroxylation is 1. The first-order chi connectivity index (χ1) is 8.81. The smallest absolute Gasteiger partial charge is 0.385 e. The number of oxazole rings is 1. The standard InChI is InChI=1S/C15H14NO2/c1-16-12-8-4-6-10-14(12)18-15(16)11-7-3-5-9-13(11)17-2/h3-10H,1-2H3/q+1. The molecular formula is C15H14NO2+. The molecule has 0 unspecified atom stereocenters. The fourth-order valence-electron chi connectivity index (χ4n) is 2.16. The maximum absolute atomic E-state index is 5.91. The van der Waals surface area contributed by atoms with Gasteiger partial charge in [-0.3, -0.25) is 0 Å². The lowest BCUT2D eigenvalue weighted by molar-refractivity contribution is -0.637. The first kappa shape index (κ1) is 10.8. The zero-order chi connectivity index (χ0) is 12.5. The molecule has 0 aliphatic rings. The molecule has 18 heavy (non-hydrogen) atoms. The number of hydrogen-bond donors (Lipinski definition) is 0. The molecule has 0 fully saturated rings. The van der Waals surface area contributed by atoms with Crippen LogP contribution < -0.4 is 9.30 Å². The van der Waals surface area contributed by atoms with Crippen molar-refractivity contribution in [2.24, 2.45) is 7.05 Å². The van der Waals surface area contributed by atoms with Crippen molar-refractivity contribution in [3.05, 3.63) is 48.5 Å². The highest BCUT2D eigenvalue weighted by molar-refractivity contribution is 5.72. The molecule has 0 atom stereocenters. The van der Waals surface area contributed by atoms with Crippen LogP contribution in [-0.2, 0) is 7.05 Å². The van der Waals surface area contributed by atoms with Gasteiger partial charge in [0.2, 0.25) is 5.58 Å². The van der Waals surface area contributed by atoms with Crippen LogP contribution in [0.3, 0.4) is 0 Å². The summed E-state index contributed by atoms with van der Waals surface area (Å²) in [7, 11) is 3.66. The molecule has 1 heterocycles. The average molecular weight is 240 g/mol. The Hall–Kier alpha value is -2.29. The molecule has 0 aliphatic heterocycles. The highest BCUT2D eigenvalue weighted by atomic mass is 16.5. The molecule has 90 valence electrons. The summed E-state index contributed by atoms with van der Waals surface area (Å²) in [4.78, 5) is 0. The highest BCUT2D eigenvalue weighted by Gasteiger charge is 2.23. The normalized spacial score (nSPS) is 10.8. The van der Waals surface area contributed by atoms with Crippen molar-refractivity contribution in [1.29, 1.82) is 0 Å². The molecule has 2 aromatic carbocycles. The summed E-state index contributed by atoms with van der Waals surface area (Å²) in [6, 6.07) is 15.8. The summed E-state index contributed by atoms with van der Waals surface area (Å²) >= 11 is 0. The average Bonchev–Trinajstić information content (AvgIpc) is 2.76. The molecule has 3 rings (SSSR count). The Bertz CT molecular complexity index is 701. The molecule has 0 N–H and O–H groups in total. The molecule has 3 aromatic rings. The fraction of sp³-hybridized carbons (Fsp3) is 0.133. The van der Waals surface area contributed by atoms with Crippen molar-refractivity contribution in [2.75, 3.05) is 7.11 Å². The summed E-state index contributed by atoms with van der Waals surface area (Å²) in [5, 5.41) is 0. The van der Waals surface area contributed by atoms with Gasteiger partial charge in [0.05, 0.1) is 7.11 Å². The van der Waals surface area contributed by atoms with Gasteiger partial charge >= 0.3 is 5.89 Å². The van der Waals surface area contributed by atoms with Crippen LogP contribution in [-0.4, -0.2) is 7.11 Å². The van der Waals surface area contributed by atoms with Gasteiger partial charge in [-0.2, -0.15) is 4.57 Å². The van der Waals surface area contributed by atoms with E-state index in [4.69, 9.17) is 9.15 Å². The molecule has 0 amide bonds. The van der Waals surface area contributed by atoms with E-state index in [0.717, 1.165) is 28.3 Å². The number of hydrogen-bond acceptors (Lipinski definition) is 2. The lowest BCUT2D eigenvalue weighted by atomic mass is 10.2. The predicted octanol–water partition coefficient (Wildman–Crippen LogP) is 2.93. The largest absolute Gasteiger partial charge is 0.496 e. The maximum atomic E-state index is 5.91. The summed E-state index contributed by atoms with van der Waals surface area (Å²) in [5.41, 5.74) is 2.90. The van der Waals surface area contributed by atoms with Gasteiger partial charge in [-0.25, -0.2) is 0 Å². The minimum atomic E-state index is 0.800. The molecular weight excluding hydrogens is 226 g/mol. The fourth-order valence-corrected chi connectivity index (χ4v) is 2.16. The lowest BCUT2D eigenvalue weighted by Crippen LogP contribution is -2.28. The van der Waals surface area contributed by atoms with E-state index in [-0.39, 0.29) is 0 Å². The van der Waals surface area contributed by atoms with Gasteiger partial charge in [-0.15, -0.1) is 0 Å². The molecule has 0 saturated carbocycles. The van der Waals surface area contributed by atoms with Crippen molar-refractivity contribution < 1.29 is 13.7 Å². The molecule has 1 aromatic heterocycles. The number of para-hydroxylation sites is 3. The third kappa shape index (κ3) is 1.56. The Morgan fingerprint density at radius 2 is 1.72 bits per heavy atom. The third-order valence-electron chi connectivity index (χ3n) is 3.08. The van der Waals surface area contributed by atoms with E-state index >= 15 is 0 Å². The first-order valence-corrected chi connectivity index (χ1v) is 5.82. The Balaban J connectivity index is 2.28. The quantitative estimate of drug-likeness (QED) is 0.644. The Kier molecular flexibility index (Phi) is 2.52. The Labute approximate surface area is 105 Å². The van der Waals surface area contributed by atoms with Crippen LogP contribution in [0.4, 0.5) is 0 Å². The van der Waals surface area contributed by atoms with Gasteiger partial charge in [-0.05, 0) is 18.2 Å². The molecule has 0 spiro atoms. The first-order valence-electron chi connectivity index (χ1n) is 5.82. The number of aromatic nitrogens is 1. The van der Waals surface area contributed by atoms with Crippen molar-refractivity contribution in [3.63, 3.8) is 0 Å². The zero-order valence-corrected chi connectivity index (χ0v) is 10.4. The van der Waals surface area contributed by atoms with Crippen molar-refractivity contribution in [2.45, 2.75) is 0 Å². The van der Waals surface area contributed by atoms with E-state index in [1.807, 2.05) is 60.1 Å². The minimum Gasteiger partial charge on any atom is -0.496 e. The van der Waals surface area contributed by atoms with E-state index in [9.17, 15) is 0 Å². The zero-order valence-electron chi connectivity index (χ0n) is 10.4. The second kappa shape index (κ2) is 4.18. The molecule has 0 bridgehead atoms. The molecule has 0 radical (unpaired) electrons. The van der Waals surface area contributed by atoms with E-state index in [0.29, 0.717) is 0 Å².